The molecule has 1 aliphatic heterocycles. The van der Waals surface area contributed by atoms with Gasteiger partial charge in [-0.15, -0.1) is 0 Å². The van der Waals surface area contributed by atoms with Crippen molar-refractivity contribution in [3.8, 4) is 0 Å². The monoisotopic (exact) mass is 176 g/mol. The van der Waals surface area contributed by atoms with Gasteiger partial charge in [-0.2, -0.15) is 0 Å². The van der Waals surface area contributed by atoms with E-state index in [4.69, 9.17) is 11.7 Å². The van der Waals surface area contributed by atoms with Crippen LogP contribution in [0.2, 0.25) is 0 Å². The maximum Gasteiger partial charge on any atom is 0.155 e. The van der Waals surface area contributed by atoms with E-state index in [1.807, 2.05) is 30.3 Å². The molecule has 13 heavy (non-hydrogen) atoms. The summed E-state index contributed by atoms with van der Waals surface area (Å²) in [6.45, 7) is 0. The Kier molecular flexibility index (Phi) is 1.92. The summed E-state index contributed by atoms with van der Waals surface area (Å²) in [6.07, 6.45) is 3.41. The largest absolute Gasteiger partial charge is 0.289 e. The van der Waals surface area contributed by atoms with Crippen LogP contribution in [-0.2, 0) is 0 Å². The van der Waals surface area contributed by atoms with Gasteiger partial charge >= 0.3 is 0 Å². The summed E-state index contributed by atoms with van der Waals surface area (Å²) in [5, 5.41) is 3.16. The highest BCUT2D eigenvalue weighted by atomic mass is 15.6. The molecule has 2 rings (SSSR count). The lowest BCUT2D eigenvalue weighted by Crippen LogP contribution is -2.38. The molecule has 4 nitrogen and oxygen atoms in total. The summed E-state index contributed by atoms with van der Waals surface area (Å²) in [5.41, 5.74) is 1.08. The molecule has 0 unspecified atom stereocenters. The van der Waals surface area contributed by atoms with Gasteiger partial charge in [-0.1, -0.05) is 30.3 Å². The van der Waals surface area contributed by atoms with E-state index < -0.39 is 0 Å². The Balaban J connectivity index is 2.27. The van der Waals surface area contributed by atoms with E-state index in [9.17, 15) is 0 Å². The Morgan fingerprint density at radius 1 is 0.923 bits per heavy atom. The topological polar surface area (TPSA) is 58.5 Å². The first-order chi connectivity index (χ1) is 6.29. The Bertz CT molecular complexity index is 297. The first-order valence-corrected chi connectivity index (χ1v) is 4.08. The van der Waals surface area contributed by atoms with Crippen LogP contribution in [0.1, 0.15) is 11.7 Å². The standard InChI is InChI=1S/C9H12N4/c10-12-6-7-13(11)9(12)8-4-2-1-3-5-8/h1-7,9H,10-11H2. The van der Waals surface area contributed by atoms with Crippen molar-refractivity contribution in [1.82, 2.24) is 10.0 Å². The molecule has 1 heterocycles. The third kappa shape index (κ3) is 1.37. The van der Waals surface area contributed by atoms with Crippen molar-refractivity contribution in [2.75, 3.05) is 0 Å². The van der Waals surface area contributed by atoms with Crippen LogP contribution in [0.15, 0.2) is 42.7 Å². The van der Waals surface area contributed by atoms with Gasteiger partial charge in [0.2, 0.25) is 0 Å². The van der Waals surface area contributed by atoms with E-state index in [0.29, 0.717) is 0 Å². The van der Waals surface area contributed by atoms with Crippen LogP contribution in [-0.4, -0.2) is 10.0 Å². The van der Waals surface area contributed by atoms with Crippen molar-refractivity contribution in [3.05, 3.63) is 48.3 Å². The molecule has 0 amide bonds. The number of nitrogens with two attached hydrogens (primary N) is 2. The Morgan fingerprint density at radius 3 is 2.00 bits per heavy atom. The molecule has 0 bridgehead atoms. The van der Waals surface area contributed by atoms with Gasteiger partial charge in [-0.05, 0) is 5.56 Å². The minimum absolute atomic E-state index is 0.0822. The lowest BCUT2D eigenvalue weighted by molar-refractivity contribution is 0.158. The maximum atomic E-state index is 5.73. The fourth-order valence-electron chi connectivity index (χ4n) is 1.44. The second-order valence-electron chi connectivity index (χ2n) is 2.98. The van der Waals surface area contributed by atoms with E-state index in [2.05, 4.69) is 0 Å². The number of nitrogens with zero attached hydrogens (tertiary/aromatic N) is 2. The van der Waals surface area contributed by atoms with Crippen molar-refractivity contribution >= 4 is 0 Å². The van der Waals surface area contributed by atoms with Crippen LogP contribution in [0.3, 0.4) is 0 Å². The van der Waals surface area contributed by atoms with Gasteiger partial charge in [0.15, 0.2) is 6.17 Å². The predicted molar refractivity (Wildman–Crippen MR) is 50.4 cm³/mol. The molecular formula is C9H12N4. The molecule has 0 radical (unpaired) electrons. The second kappa shape index (κ2) is 3.08. The van der Waals surface area contributed by atoms with Gasteiger partial charge in [-0.25, -0.2) is 11.7 Å². The van der Waals surface area contributed by atoms with Crippen molar-refractivity contribution in [2.45, 2.75) is 6.17 Å². The third-order valence-electron chi connectivity index (χ3n) is 2.07. The first-order valence-electron chi connectivity index (χ1n) is 4.08. The van der Waals surface area contributed by atoms with Crippen molar-refractivity contribution < 1.29 is 0 Å². The summed E-state index contributed by atoms with van der Waals surface area (Å²) in [6, 6.07) is 9.90. The molecule has 0 aliphatic carbocycles. The molecule has 1 aromatic carbocycles. The SMILES string of the molecule is NN1C=CN(N)C1c1ccccc1. The van der Waals surface area contributed by atoms with Crippen LogP contribution in [0.4, 0.5) is 0 Å². The van der Waals surface area contributed by atoms with Crippen LogP contribution in [0.25, 0.3) is 0 Å². The molecule has 0 saturated heterocycles. The number of benzene rings is 1. The number of hydrazine groups is 2. The van der Waals surface area contributed by atoms with Gasteiger partial charge in [0, 0.05) is 12.4 Å². The normalized spacial score (nSPS) is 17.1. The predicted octanol–water partition coefficient (Wildman–Crippen LogP) is 0.521. The highest BCUT2D eigenvalue weighted by Crippen LogP contribution is 2.24. The first kappa shape index (κ1) is 8.10. The summed E-state index contributed by atoms with van der Waals surface area (Å²) >= 11 is 0. The molecule has 68 valence electrons. The Hall–Kier alpha value is -1.52. The van der Waals surface area contributed by atoms with Gasteiger partial charge in [0.25, 0.3) is 0 Å². The summed E-state index contributed by atoms with van der Waals surface area (Å²) in [7, 11) is 0. The van der Waals surface area contributed by atoms with E-state index >= 15 is 0 Å². The molecular weight excluding hydrogens is 164 g/mol. The molecule has 0 aromatic heterocycles. The molecule has 0 atom stereocenters. The number of hydrogen-bond acceptors (Lipinski definition) is 4. The summed E-state index contributed by atoms with van der Waals surface area (Å²) in [4.78, 5) is 0. The van der Waals surface area contributed by atoms with Gasteiger partial charge in [0.05, 0.1) is 0 Å². The molecule has 0 fully saturated rings. The molecule has 1 aliphatic rings. The van der Waals surface area contributed by atoms with Crippen LogP contribution in [0.5, 0.6) is 0 Å². The fourth-order valence-corrected chi connectivity index (χ4v) is 1.44. The molecule has 4 heteroatoms. The zero-order valence-corrected chi connectivity index (χ0v) is 7.17. The smallest absolute Gasteiger partial charge is 0.155 e. The average molecular weight is 176 g/mol. The summed E-state index contributed by atoms with van der Waals surface area (Å²) in [5.74, 6) is 11.5. The van der Waals surface area contributed by atoms with Crippen LogP contribution >= 0.6 is 0 Å². The average Bonchev–Trinajstić information content (AvgIpc) is 2.48. The summed E-state index contributed by atoms with van der Waals surface area (Å²) < 4.78 is 0. The molecule has 1 aromatic rings. The van der Waals surface area contributed by atoms with Crippen molar-refractivity contribution in [2.24, 2.45) is 11.7 Å². The zero-order chi connectivity index (χ0) is 9.26. The molecule has 4 N–H and O–H groups in total. The lowest BCUT2D eigenvalue weighted by Gasteiger charge is -2.26. The Labute approximate surface area is 77.0 Å². The van der Waals surface area contributed by atoms with E-state index in [-0.39, 0.29) is 6.17 Å². The minimum Gasteiger partial charge on any atom is -0.289 e. The second-order valence-corrected chi connectivity index (χ2v) is 2.98. The lowest BCUT2D eigenvalue weighted by atomic mass is 10.2. The Morgan fingerprint density at radius 2 is 1.46 bits per heavy atom. The van der Waals surface area contributed by atoms with Crippen molar-refractivity contribution in [3.63, 3.8) is 0 Å². The third-order valence-corrected chi connectivity index (χ3v) is 2.07. The quantitative estimate of drug-likeness (QED) is 0.612. The van der Waals surface area contributed by atoms with Crippen LogP contribution in [0, 0.1) is 0 Å². The van der Waals surface area contributed by atoms with Gasteiger partial charge in [-0.3, -0.25) is 10.0 Å². The van der Waals surface area contributed by atoms with Crippen LogP contribution < -0.4 is 11.7 Å². The molecule has 0 spiro atoms. The van der Waals surface area contributed by atoms with Gasteiger partial charge in [0.1, 0.15) is 0 Å². The fraction of sp³-hybridized carbons (Fsp3) is 0.111. The van der Waals surface area contributed by atoms with Gasteiger partial charge < -0.3 is 0 Å². The van der Waals surface area contributed by atoms with E-state index in [0.717, 1.165) is 5.56 Å². The number of hydrogen-bond donors (Lipinski definition) is 2. The molecule has 0 saturated carbocycles. The van der Waals surface area contributed by atoms with E-state index in [1.165, 1.54) is 0 Å². The van der Waals surface area contributed by atoms with E-state index in [1.54, 1.807) is 22.4 Å². The number of rotatable bonds is 1. The zero-order valence-electron chi connectivity index (χ0n) is 7.17. The highest BCUT2D eigenvalue weighted by molar-refractivity contribution is 5.20. The minimum atomic E-state index is -0.0822. The van der Waals surface area contributed by atoms with Crippen molar-refractivity contribution in [1.29, 1.82) is 0 Å². The maximum absolute atomic E-state index is 5.73. The highest BCUT2D eigenvalue weighted by Gasteiger charge is 2.23.